The van der Waals surface area contributed by atoms with Gasteiger partial charge in [0.05, 0.1) is 31.2 Å². The molecule has 1 N–H and O–H groups in total. The van der Waals surface area contributed by atoms with Gasteiger partial charge in [-0.05, 0) is 24.3 Å². The summed E-state index contributed by atoms with van der Waals surface area (Å²) in [6, 6.07) is 6.65. The number of alkyl halides is 2. The van der Waals surface area contributed by atoms with E-state index in [1.54, 1.807) is 30.5 Å². The molecule has 1 saturated heterocycles. The zero-order chi connectivity index (χ0) is 16.7. The van der Waals surface area contributed by atoms with Gasteiger partial charge in [0.1, 0.15) is 5.82 Å². The molecule has 122 valence electrons. The number of nitrogens with zero attached hydrogens (tertiary/aromatic N) is 5. The van der Waals surface area contributed by atoms with Gasteiger partial charge in [-0.25, -0.2) is 18.3 Å². The highest BCUT2D eigenvalue weighted by Gasteiger charge is 2.44. The molecule has 3 aromatic rings. The minimum Gasteiger partial charge on any atom is -0.343 e. The normalized spacial score (nSPS) is 16.0. The van der Waals surface area contributed by atoms with Crippen LogP contribution in [0.5, 0.6) is 0 Å². The largest absolute Gasteiger partial charge is 0.343 e. The molecule has 1 amide bonds. The molecule has 0 aliphatic carbocycles. The number of hydrogen-bond acceptors (Lipinski definition) is 5. The molecule has 0 aromatic carbocycles. The van der Waals surface area contributed by atoms with Gasteiger partial charge in [-0.15, -0.1) is 5.10 Å². The molecule has 0 saturated carbocycles. The van der Waals surface area contributed by atoms with Crippen molar-refractivity contribution in [3.05, 3.63) is 48.5 Å². The zero-order valence-corrected chi connectivity index (χ0v) is 12.4. The average Bonchev–Trinajstić information content (AvgIpc) is 2.96. The Kier molecular flexibility index (Phi) is 3.15. The van der Waals surface area contributed by atoms with Crippen LogP contribution in [0.1, 0.15) is 10.5 Å². The molecule has 3 aromatic heterocycles. The molecule has 1 aliphatic rings. The second kappa shape index (κ2) is 5.22. The number of hydrogen-bond donors (Lipinski definition) is 1. The lowest BCUT2D eigenvalue weighted by molar-refractivity contribution is -0.0268. The summed E-state index contributed by atoms with van der Waals surface area (Å²) in [7, 11) is 0. The topological polar surface area (TPSA) is 75.4 Å². The van der Waals surface area contributed by atoms with E-state index in [0.717, 1.165) is 0 Å². The summed E-state index contributed by atoms with van der Waals surface area (Å²) >= 11 is 0. The quantitative estimate of drug-likeness (QED) is 0.793. The van der Waals surface area contributed by atoms with Crippen LogP contribution in [0, 0.1) is 0 Å². The average molecular weight is 330 g/mol. The van der Waals surface area contributed by atoms with Gasteiger partial charge in [0.2, 0.25) is 0 Å². The number of anilines is 2. The monoisotopic (exact) mass is 330 g/mol. The summed E-state index contributed by atoms with van der Waals surface area (Å²) in [4.78, 5) is 21.9. The van der Waals surface area contributed by atoms with Gasteiger partial charge in [0.15, 0.2) is 11.3 Å². The predicted molar refractivity (Wildman–Crippen MR) is 82.3 cm³/mol. The molecule has 7 nitrogen and oxygen atoms in total. The molecule has 0 unspecified atom stereocenters. The first-order chi connectivity index (χ1) is 11.5. The van der Waals surface area contributed by atoms with Crippen LogP contribution in [0.25, 0.3) is 5.65 Å². The first-order valence-corrected chi connectivity index (χ1v) is 7.21. The number of pyridine rings is 1. The summed E-state index contributed by atoms with van der Waals surface area (Å²) in [5, 5.41) is 6.95. The molecule has 0 spiro atoms. The fourth-order valence-corrected chi connectivity index (χ4v) is 2.49. The van der Waals surface area contributed by atoms with E-state index in [2.05, 4.69) is 20.4 Å². The maximum absolute atomic E-state index is 13.0. The molecule has 24 heavy (non-hydrogen) atoms. The number of rotatable bonds is 3. The van der Waals surface area contributed by atoms with Crippen molar-refractivity contribution in [2.75, 3.05) is 23.3 Å². The lowest BCUT2D eigenvalue weighted by atomic mass is 10.1. The number of carbonyl (C=O) groups excluding carboxylic acids is 1. The second-order valence-electron chi connectivity index (χ2n) is 5.51. The highest BCUT2D eigenvalue weighted by Crippen LogP contribution is 2.30. The third-order valence-corrected chi connectivity index (χ3v) is 3.67. The van der Waals surface area contributed by atoms with Gasteiger partial charge >= 0.3 is 0 Å². The van der Waals surface area contributed by atoms with Gasteiger partial charge in [-0.2, -0.15) is 0 Å². The van der Waals surface area contributed by atoms with E-state index in [-0.39, 0.29) is 18.8 Å². The number of nitrogens with one attached hydrogen (secondary N) is 1. The van der Waals surface area contributed by atoms with Gasteiger partial charge in [0.25, 0.3) is 11.8 Å². The Morgan fingerprint density at radius 3 is 2.75 bits per heavy atom. The Labute approximate surface area is 134 Å². The highest BCUT2D eigenvalue weighted by molar-refractivity contribution is 6.03. The molecule has 0 radical (unpaired) electrons. The summed E-state index contributed by atoms with van der Waals surface area (Å²) in [5.41, 5.74) is 1.21. The Balaban J connectivity index is 1.62. The molecular formula is C15H12F2N6O. The van der Waals surface area contributed by atoms with Crippen LogP contribution in [-0.2, 0) is 0 Å². The Bertz CT molecular complexity index is 903. The Morgan fingerprint density at radius 1 is 1.21 bits per heavy atom. The van der Waals surface area contributed by atoms with Crippen LogP contribution >= 0.6 is 0 Å². The van der Waals surface area contributed by atoms with Crippen LogP contribution < -0.4 is 10.2 Å². The lowest BCUT2D eigenvalue weighted by Crippen LogP contribution is -2.56. The number of fused-ring (bicyclic) bond motifs is 1. The maximum atomic E-state index is 13.0. The fraction of sp³-hybridized carbons (Fsp3) is 0.200. The molecule has 1 fully saturated rings. The number of halogens is 2. The standard InChI is InChI=1S/C15H12F2N6O/c16-15(17)8-22(9-15)13-4-3-12-19-7-11(23(12)21-13)14(24)20-10-2-1-5-18-6-10/h1-7H,8-9H2,(H,20,24). The Hall–Kier alpha value is -3.10. The van der Waals surface area contributed by atoms with Crippen LogP contribution in [0.4, 0.5) is 20.3 Å². The molecule has 1 aliphatic heterocycles. The first-order valence-electron chi connectivity index (χ1n) is 7.21. The van der Waals surface area contributed by atoms with Gasteiger partial charge < -0.3 is 10.2 Å². The number of aromatic nitrogens is 4. The van der Waals surface area contributed by atoms with Crippen LogP contribution in [0.3, 0.4) is 0 Å². The fourth-order valence-electron chi connectivity index (χ4n) is 2.49. The summed E-state index contributed by atoms with van der Waals surface area (Å²) in [6.07, 6.45) is 4.51. The third kappa shape index (κ3) is 2.53. The third-order valence-electron chi connectivity index (χ3n) is 3.67. The molecule has 0 atom stereocenters. The van der Waals surface area contributed by atoms with Crippen molar-refractivity contribution in [1.82, 2.24) is 19.6 Å². The summed E-state index contributed by atoms with van der Waals surface area (Å²) in [5.74, 6) is -2.72. The van der Waals surface area contributed by atoms with Crippen LogP contribution in [0.2, 0.25) is 0 Å². The molecule has 0 bridgehead atoms. The highest BCUT2D eigenvalue weighted by atomic mass is 19.3. The van der Waals surface area contributed by atoms with Gasteiger partial charge in [-0.3, -0.25) is 9.78 Å². The number of imidazole rings is 1. The van der Waals surface area contributed by atoms with E-state index in [9.17, 15) is 13.6 Å². The molecule has 4 heterocycles. The van der Waals surface area contributed by atoms with Crippen molar-refractivity contribution in [2.45, 2.75) is 5.92 Å². The minimum absolute atomic E-state index is 0.211. The van der Waals surface area contributed by atoms with Gasteiger partial charge in [0, 0.05) is 6.20 Å². The smallest absolute Gasteiger partial charge is 0.282 e. The first kappa shape index (κ1) is 14.5. The summed E-state index contributed by atoms with van der Waals surface area (Å²) < 4.78 is 27.4. The number of carbonyl (C=O) groups is 1. The SMILES string of the molecule is O=C(Nc1cccnc1)c1cnc2ccc(N3CC(F)(F)C3)nn12. The second-order valence-corrected chi connectivity index (χ2v) is 5.51. The predicted octanol–water partition coefficient (Wildman–Crippen LogP) is 1.83. The van der Waals surface area contributed by atoms with E-state index >= 15 is 0 Å². The van der Waals surface area contributed by atoms with Crippen molar-refractivity contribution in [3.8, 4) is 0 Å². The zero-order valence-electron chi connectivity index (χ0n) is 12.4. The van der Waals surface area contributed by atoms with E-state index in [4.69, 9.17) is 0 Å². The number of amides is 1. The van der Waals surface area contributed by atoms with E-state index in [0.29, 0.717) is 17.2 Å². The van der Waals surface area contributed by atoms with Gasteiger partial charge in [-0.1, -0.05) is 0 Å². The molecular weight excluding hydrogens is 318 g/mol. The molecule has 4 rings (SSSR count). The van der Waals surface area contributed by atoms with Crippen LogP contribution in [0.15, 0.2) is 42.9 Å². The van der Waals surface area contributed by atoms with Crippen LogP contribution in [-0.4, -0.2) is 44.5 Å². The van der Waals surface area contributed by atoms with Crippen molar-refractivity contribution in [1.29, 1.82) is 0 Å². The van der Waals surface area contributed by atoms with E-state index in [1.807, 2.05) is 0 Å². The van der Waals surface area contributed by atoms with Crippen molar-refractivity contribution in [3.63, 3.8) is 0 Å². The maximum Gasteiger partial charge on any atom is 0.282 e. The summed E-state index contributed by atoms with van der Waals surface area (Å²) in [6.45, 7) is -0.755. The van der Waals surface area contributed by atoms with E-state index < -0.39 is 11.8 Å². The van der Waals surface area contributed by atoms with Crippen molar-refractivity contribution in [2.24, 2.45) is 0 Å². The Morgan fingerprint density at radius 2 is 2.04 bits per heavy atom. The molecule has 9 heteroatoms. The van der Waals surface area contributed by atoms with Crippen molar-refractivity contribution >= 4 is 23.1 Å². The minimum atomic E-state index is -2.69. The lowest BCUT2D eigenvalue weighted by Gasteiger charge is -2.39. The van der Waals surface area contributed by atoms with E-state index in [1.165, 1.54) is 21.8 Å². The van der Waals surface area contributed by atoms with Crippen molar-refractivity contribution < 1.29 is 13.6 Å².